The van der Waals surface area contributed by atoms with E-state index >= 15 is 0 Å². The van der Waals surface area contributed by atoms with Gasteiger partial charge in [0.2, 0.25) is 5.89 Å². The molecule has 0 N–H and O–H groups in total. The van der Waals surface area contributed by atoms with Gasteiger partial charge in [0, 0.05) is 39.1 Å². The van der Waals surface area contributed by atoms with Crippen molar-refractivity contribution in [3.05, 3.63) is 47.6 Å². The van der Waals surface area contributed by atoms with Gasteiger partial charge in [-0.1, -0.05) is 42.4 Å². The van der Waals surface area contributed by atoms with E-state index in [1.54, 1.807) is 0 Å². The molecule has 2 heterocycles. The van der Waals surface area contributed by atoms with Crippen LogP contribution < -0.4 is 0 Å². The Morgan fingerprint density at radius 3 is 2.45 bits per heavy atom. The molecule has 0 amide bonds. The zero-order valence-electron chi connectivity index (χ0n) is 13.4. The van der Waals surface area contributed by atoms with Gasteiger partial charge in [0.1, 0.15) is 0 Å². The first-order chi connectivity index (χ1) is 10.8. The summed E-state index contributed by atoms with van der Waals surface area (Å²) in [5.41, 5.74) is 1.42. The highest BCUT2D eigenvalue weighted by atomic mass is 16.5. The monoisotopic (exact) mass is 300 g/mol. The number of piperazine rings is 1. The highest BCUT2D eigenvalue weighted by Crippen LogP contribution is 2.25. The lowest BCUT2D eigenvalue weighted by Crippen LogP contribution is -2.47. The average molecular weight is 300 g/mol. The Kier molecular flexibility index (Phi) is 4.85. The lowest BCUT2D eigenvalue weighted by atomic mass is 10.0. The van der Waals surface area contributed by atoms with Crippen molar-refractivity contribution in [2.75, 3.05) is 26.2 Å². The van der Waals surface area contributed by atoms with Gasteiger partial charge in [0.05, 0.1) is 6.54 Å². The van der Waals surface area contributed by atoms with Crippen molar-refractivity contribution >= 4 is 0 Å². The zero-order valence-corrected chi connectivity index (χ0v) is 13.4. The Balaban J connectivity index is 1.56. The number of benzene rings is 1. The average Bonchev–Trinajstić information content (AvgIpc) is 2.96. The van der Waals surface area contributed by atoms with Crippen LogP contribution >= 0.6 is 0 Å². The molecule has 0 saturated carbocycles. The first-order valence-electron chi connectivity index (χ1n) is 8.07. The van der Waals surface area contributed by atoms with Crippen LogP contribution in [0.1, 0.15) is 36.7 Å². The Bertz CT molecular complexity index is 575. The highest BCUT2D eigenvalue weighted by Gasteiger charge is 2.24. The normalized spacial score (nSPS) is 18.5. The standard InChI is InChI=1S/C17H24N4O/c1-3-16(15-7-5-4-6-8-15)21-11-9-20(10-12-21)13-17-18-14(2)22-19-17/h4-8,16H,3,9-13H2,1-2H3/t16-/m1/s1. The predicted octanol–water partition coefficient (Wildman–Crippen LogP) is 2.65. The molecule has 1 aliphatic rings. The van der Waals surface area contributed by atoms with E-state index in [9.17, 15) is 0 Å². The highest BCUT2D eigenvalue weighted by molar-refractivity contribution is 5.19. The summed E-state index contributed by atoms with van der Waals surface area (Å²) in [6.07, 6.45) is 1.15. The van der Waals surface area contributed by atoms with E-state index in [1.165, 1.54) is 5.56 Å². The fourth-order valence-electron chi connectivity index (χ4n) is 3.22. The summed E-state index contributed by atoms with van der Waals surface area (Å²) < 4.78 is 5.04. The van der Waals surface area contributed by atoms with Crippen LogP contribution in [0.25, 0.3) is 0 Å². The van der Waals surface area contributed by atoms with E-state index in [1.807, 2.05) is 6.92 Å². The second kappa shape index (κ2) is 7.03. The molecule has 2 aromatic rings. The molecular weight excluding hydrogens is 276 g/mol. The smallest absolute Gasteiger partial charge is 0.223 e. The quantitative estimate of drug-likeness (QED) is 0.849. The second-order valence-electron chi connectivity index (χ2n) is 5.88. The maximum absolute atomic E-state index is 5.04. The van der Waals surface area contributed by atoms with Crippen molar-refractivity contribution in [2.24, 2.45) is 0 Å². The molecule has 22 heavy (non-hydrogen) atoms. The van der Waals surface area contributed by atoms with Crippen molar-refractivity contribution < 1.29 is 4.52 Å². The Morgan fingerprint density at radius 2 is 1.86 bits per heavy atom. The Labute approximate surface area is 131 Å². The van der Waals surface area contributed by atoms with Crippen molar-refractivity contribution in [2.45, 2.75) is 32.9 Å². The fourth-order valence-corrected chi connectivity index (χ4v) is 3.22. The van der Waals surface area contributed by atoms with Crippen molar-refractivity contribution in [3.63, 3.8) is 0 Å². The van der Waals surface area contributed by atoms with Gasteiger partial charge >= 0.3 is 0 Å². The number of rotatable bonds is 5. The summed E-state index contributed by atoms with van der Waals surface area (Å²) in [7, 11) is 0. The van der Waals surface area contributed by atoms with Crippen LogP contribution in [0.5, 0.6) is 0 Å². The Hall–Kier alpha value is -1.72. The summed E-state index contributed by atoms with van der Waals surface area (Å²) in [6.45, 7) is 9.17. The third-order valence-corrected chi connectivity index (χ3v) is 4.35. The summed E-state index contributed by atoms with van der Waals surface area (Å²) >= 11 is 0. The van der Waals surface area contributed by atoms with E-state index in [-0.39, 0.29) is 0 Å². The lowest BCUT2D eigenvalue weighted by Gasteiger charge is -2.38. The molecule has 1 atom stereocenters. The maximum atomic E-state index is 5.04. The van der Waals surface area contributed by atoms with Crippen LogP contribution in [0.15, 0.2) is 34.9 Å². The molecule has 1 aliphatic heterocycles. The van der Waals surface area contributed by atoms with Gasteiger partial charge in [-0.25, -0.2) is 0 Å². The first kappa shape index (κ1) is 15.2. The molecule has 0 unspecified atom stereocenters. The first-order valence-corrected chi connectivity index (χ1v) is 8.07. The van der Waals surface area contributed by atoms with Crippen LogP contribution in [-0.4, -0.2) is 46.1 Å². The third-order valence-electron chi connectivity index (χ3n) is 4.35. The van der Waals surface area contributed by atoms with Crippen LogP contribution in [0.4, 0.5) is 0 Å². The Morgan fingerprint density at radius 1 is 1.14 bits per heavy atom. The van der Waals surface area contributed by atoms with E-state index in [0.717, 1.165) is 45.0 Å². The molecule has 5 heteroatoms. The van der Waals surface area contributed by atoms with Crippen LogP contribution in [0.3, 0.4) is 0 Å². The van der Waals surface area contributed by atoms with Crippen LogP contribution in [0.2, 0.25) is 0 Å². The molecular formula is C17H24N4O. The molecule has 0 aliphatic carbocycles. The minimum atomic E-state index is 0.524. The van der Waals surface area contributed by atoms with Gasteiger partial charge in [-0.15, -0.1) is 0 Å². The van der Waals surface area contributed by atoms with Crippen molar-refractivity contribution in [3.8, 4) is 0 Å². The number of hydrogen-bond donors (Lipinski definition) is 0. The van der Waals surface area contributed by atoms with Gasteiger partial charge < -0.3 is 4.52 Å². The molecule has 0 bridgehead atoms. The summed E-state index contributed by atoms with van der Waals surface area (Å²) in [6, 6.07) is 11.3. The number of aromatic nitrogens is 2. The van der Waals surface area contributed by atoms with Crippen molar-refractivity contribution in [1.29, 1.82) is 0 Å². The van der Waals surface area contributed by atoms with E-state index in [2.05, 4.69) is 57.2 Å². The van der Waals surface area contributed by atoms with E-state index < -0.39 is 0 Å². The molecule has 5 nitrogen and oxygen atoms in total. The van der Waals surface area contributed by atoms with E-state index in [0.29, 0.717) is 11.9 Å². The second-order valence-corrected chi connectivity index (χ2v) is 5.88. The molecule has 3 rings (SSSR count). The van der Waals surface area contributed by atoms with Crippen LogP contribution in [0, 0.1) is 6.92 Å². The summed E-state index contributed by atoms with van der Waals surface area (Å²) in [4.78, 5) is 9.28. The number of nitrogens with zero attached hydrogens (tertiary/aromatic N) is 4. The lowest BCUT2D eigenvalue weighted by molar-refractivity contribution is 0.0876. The van der Waals surface area contributed by atoms with Crippen molar-refractivity contribution in [1.82, 2.24) is 19.9 Å². The van der Waals surface area contributed by atoms with Gasteiger partial charge in [-0.3, -0.25) is 9.80 Å². The largest absolute Gasteiger partial charge is 0.340 e. The summed E-state index contributed by atoms with van der Waals surface area (Å²) in [5.74, 6) is 1.44. The maximum Gasteiger partial charge on any atom is 0.223 e. The summed E-state index contributed by atoms with van der Waals surface area (Å²) in [5, 5.41) is 3.99. The molecule has 1 fully saturated rings. The van der Waals surface area contributed by atoms with Crippen LogP contribution in [-0.2, 0) is 6.54 Å². The fraction of sp³-hybridized carbons (Fsp3) is 0.529. The van der Waals surface area contributed by atoms with Gasteiger partial charge in [0.25, 0.3) is 0 Å². The molecule has 1 saturated heterocycles. The van der Waals surface area contributed by atoms with Gasteiger partial charge in [-0.05, 0) is 12.0 Å². The molecule has 118 valence electrons. The van der Waals surface area contributed by atoms with Gasteiger partial charge in [0.15, 0.2) is 5.82 Å². The van der Waals surface area contributed by atoms with E-state index in [4.69, 9.17) is 4.52 Å². The molecule has 0 spiro atoms. The number of hydrogen-bond acceptors (Lipinski definition) is 5. The predicted molar refractivity (Wildman–Crippen MR) is 85.4 cm³/mol. The minimum absolute atomic E-state index is 0.524. The molecule has 0 radical (unpaired) electrons. The molecule has 1 aromatic heterocycles. The minimum Gasteiger partial charge on any atom is -0.340 e. The topological polar surface area (TPSA) is 45.4 Å². The third kappa shape index (κ3) is 3.54. The zero-order chi connectivity index (χ0) is 15.4. The van der Waals surface area contributed by atoms with Gasteiger partial charge in [-0.2, -0.15) is 4.98 Å². The SMILES string of the molecule is CC[C@H](c1ccccc1)N1CCN(Cc2noc(C)n2)CC1. The number of aryl methyl sites for hydroxylation is 1. The molecule has 1 aromatic carbocycles.